The maximum atomic E-state index is 12.1. The summed E-state index contributed by atoms with van der Waals surface area (Å²) in [7, 11) is 1.74. The predicted octanol–water partition coefficient (Wildman–Crippen LogP) is 1.79. The summed E-state index contributed by atoms with van der Waals surface area (Å²) in [5.41, 5.74) is -0.129. The number of nitrogens with one attached hydrogen (secondary N) is 1. The molecule has 21 heavy (non-hydrogen) atoms. The zero-order valence-corrected chi connectivity index (χ0v) is 11.9. The molecule has 0 saturated carbocycles. The Hall–Kier alpha value is -2.63. The monoisotopic (exact) mass is 287 g/mol. The molecule has 1 aromatic carbocycles. The average Bonchev–Trinajstić information content (AvgIpc) is 2.84. The number of aliphatic carboxylic acids is 1. The Bertz CT molecular complexity index is 651. The molecular formula is C15H17N3O3. The number of carboxylic acids is 1. The molecule has 0 saturated heterocycles. The summed E-state index contributed by atoms with van der Waals surface area (Å²) in [6, 6.07) is 8.75. The largest absolute Gasteiger partial charge is 0.481 e. The van der Waals surface area contributed by atoms with Crippen molar-refractivity contribution in [3.8, 4) is 0 Å². The summed E-state index contributed by atoms with van der Waals surface area (Å²) in [6.45, 7) is 1.55. The standard InChI is InChI=1S/C15H17N3O3/c1-15(14(20)21,11-6-4-3-5-7-11)8-13(19)17-12-9-16-18(2)10-12/h3-7,9-10H,8H2,1-2H3,(H,17,19)(H,20,21). The molecule has 2 rings (SSSR count). The van der Waals surface area contributed by atoms with Crippen LogP contribution in [-0.2, 0) is 22.1 Å². The highest BCUT2D eigenvalue weighted by Gasteiger charge is 2.37. The molecule has 2 aromatic rings. The average molecular weight is 287 g/mol. The SMILES string of the molecule is Cn1cc(NC(=O)CC(C)(C(=O)O)c2ccccc2)cn1. The second-order valence-corrected chi connectivity index (χ2v) is 5.13. The minimum atomic E-state index is -1.27. The molecule has 1 heterocycles. The quantitative estimate of drug-likeness (QED) is 0.878. The van der Waals surface area contributed by atoms with Crippen LogP contribution in [0.3, 0.4) is 0 Å². The van der Waals surface area contributed by atoms with Gasteiger partial charge in [-0.2, -0.15) is 5.10 Å². The normalized spacial score (nSPS) is 13.4. The van der Waals surface area contributed by atoms with E-state index >= 15 is 0 Å². The number of rotatable bonds is 5. The molecule has 0 spiro atoms. The van der Waals surface area contributed by atoms with Gasteiger partial charge in [0.15, 0.2) is 0 Å². The number of aryl methyl sites for hydroxylation is 1. The summed E-state index contributed by atoms with van der Waals surface area (Å²) in [6.07, 6.45) is 3.01. The molecule has 0 fully saturated rings. The number of hydrogen-bond donors (Lipinski definition) is 2. The van der Waals surface area contributed by atoms with Crippen molar-refractivity contribution in [2.45, 2.75) is 18.8 Å². The van der Waals surface area contributed by atoms with E-state index in [-0.39, 0.29) is 12.3 Å². The Morgan fingerprint density at radius 2 is 2.00 bits per heavy atom. The fourth-order valence-electron chi connectivity index (χ4n) is 2.12. The van der Waals surface area contributed by atoms with E-state index in [4.69, 9.17) is 0 Å². The first-order chi connectivity index (χ1) is 9.91. The van der Waals surface area contributed by atoms with E-state index in [0.717, 1.165) is 0 Å². The van der Waals surface area contributed by atoms with Crippen LogP contribution in [0, 0.1) is 0 Å². The highest BCUT2D eigenvalue weighted by Crippen LogP contribution is 2.28. The minimum Gasteiger partial charge on any atom is -0.481 e. The van der Waals surface area contributed by atoms with Crippen molar-refractivity contribution in [2.24, 2.45) is 7.05 Å². The van der Waals surface area contributed by atoms with Gasteiger partial charge in [0.05, 0.1) is 17.3 Å². The van der Waals surface area contributed by atoms with Crippen LogP contribution in [0.2, 0.25) is 0 Å². The first-order valence-electron chi connectivity index (χ1n) is 6.49. The summed E-state index contributed by atoms with van der Waals surface area (Å²) in [5.74, 6) is -1.40. The third-order valence-corrected chi connectivity index (χ3v) is 3.39. The van der Waals surface area contributed by atoms with Crippen molar-refractivity contribution >= 4 is 17.6 Å². The van der Waals surface area contributed by atoms with E-state index in [1.807, 2.05) is 6.07 Å². The lowest BCUT2D eigenvalue weighted by Crippen LogP contribution is -2.36. The number of carboxylic acid groups (broad SMARTS) is 1. The van der Waals surface area contributed by atoms with Crippen LogP contribution in [0.15, 0.2) is 42.7 Å². The molecule has 110 valence electrons. The van der Waals surface area contributed by atoms with Crippen molar-refractivity contribution in [3.05, 3.63) is 48.3 Å². The van der Waals surface area contributed by atoms with E-state index in [9.17, 15) is 14.7 Å². The zero-order valence-electron chi connectivity index (χ0n) is 11.9. The summed E-state index contributed by atoms with van der Waals surface area (Å²) in [4.78, 5) is 23.7. The number of anilines is 1. The maximum absolute atomic E-state index is 12.1. The van der Waals surface area contributed by atoms with Crippen LogP contribution >= 0.6 is 0 Å². The fraction of sp³-hybridized carbons (Fsp3) is 0.267. The van der Waals surface area contributed by atoms with Crippen molar-refractivity contribution < 1.29 is 14.7 Å². The lowest BCUT2D eigenvalue weighted by molar-refractivity contribution is -0.145. The molecule has 0 radical (unpaired) electrons. The molecule has 6 nitrogen and oxygen atoms in total. The Balaban J connectivity index is 2.17. The number of hydrogen-bond acceptors (Lipinski definition) is 3. The number of amides is 1. The summed E-state index contributed by atoms with van der Waals surface area (Å²) in [5, 5.41) is 16.1. The van der Waals surface area contributed by atoms with Crippen LogP contribution in [0.25, 0.3) is 0 Å². The van der Waals surface area contributed by atoms with Gasteiger partial charge in [0, 0.05) is 19.7 Å². The van der Waals surface area contributed by atoms with Gasteiger partial charge in [-0.05, 0) is 12.5 Å². The van der Waals surface area contributed by atoms with Gasteiger partial charge in [-0.25, -0.2) is 0 Å². The van der Waals surface area contributed by atoms with E-state index < -0.39 is 11.4 Å². The van der Waals surface area contributed by atoms with Crippen LogP contribution in [-0.4, -0.2) is 26.8 Å². The van der Waals surface area contributed by atoms with Crippen molar-refractivity contribution in [2.75, 3.05) is 5.32 Å². The number of aromatic nitrogens is 2. The van der Waals surface area contributed by atoms with Gasteiger partial charge < -0.3 is 10.4 Å². The molecule has 0 aliphatic rings. The Morgan fingerprint density at radius 3 is 2.52 bits per heavy atom. The van der Waals surface area contributed by atoms with Crippen molar-refractivity contribution in [1.82, 2.24) is 9.78 Å². The topological polar surface area (TPSA) is 84.2 Å². The molecule has 2 N–H and O–H groups in total. The Kier molecular flexibility index (Phi) is 4.07. The third kappa shape index (κ3) is 3.28. The Morgan fingerprint density at radius 1 is 1.33 bits per heavy atom. The number of carbonyl (C=O) groups is 2. The van der Waals surface area contributed by atoms with Gasteiger partial charge in [0.1, 0.15) is 0 Å². The van der Waals surface area contributed by atoms with Gasteiger partial charge >= 0.3 is 5.97 Å². The van der Waals surface area contributed by atoms with Crippen molar-refractivity contribution in [1.29, 1.82) is 0 Å². The van der Waals surface area contributed by atoms with Crippen molar-refractivity contribution in [3.63, 3.8) is 0 Å². The molecule has 1 atom stereocenters. The van der Waals surface area contributed by atoms with Crippen LogP contribution < -0.4 is 5.32 Å². The minimum absolute atomic E-state index is 0.152. The maximum Gasteiger partial charge on any atom is 0.314 e. The molecule has 1 amide bonds. The molecular weight excluding hydrogens is 270 g/mol. The van der Waals surface area contributed by atoms with Gasteiger partial charge in [0.2, 0.25) is 5.91 Å². The third-order valence-electron chi connectivity index (χ3n) is 3.39. The van der Waals surface area contributed by atoms with Gasteiger partial charge in [-0.1, -0.05) is 30.3 Å². The van der Waals surface area contributed by atoms with Gasteiger partial charge in [-0.3, -0.25) is 14.3 Å². The van der Waals surface area contributed by atoms with E-state index in [1.54, 1.807) is 49.1 Å². The fourth-order valence-corrected chi connectivity index (χ4v) is 2.12. The lowest BCUT2D eigenvalue weighted by atomic mass is 9.79. The van der Waals surface area contributed by atoms with Crippen LogP contribution in [0.1, 0.15) is 18.9 Å². The first kappa shape index (κ1) is 14.8. The van der Waals surface area contributed by atoms with Gasteiger partial charge in [0.25, 0.3) is 0 Å². The zero-order chi connectivity index (χ0) is 15.5. The molecule has 0 aliphatic heterocycles. The van der Waals surface area contributed by atoms with Gasteiger partial charge in [-0.15, -0.1) is 0 Å². The second-order valence-electron chi connectivity index (χ2n) is 5.13. The van der Waals surface area contributed by atoms with E-state index in [0.29, 0.717) is 11.3 Å². The molecule has 1 unspecified atom stereocenters. The van der Waals surface area contributed by atoms with E-state index in [2.05, 4.69) is 10.4 Å². The lowest BCUT2D eigenvalue weighted by Gasteiger charge is -2.24. The molecule has 0 bridgehead atoms. The summed E-state index contributed by atoms with van der Waals surface area (Å²) < 4.78 is 1.56. The molecule has 1 aromatic heterocycles. The smallest absolute Gasteiger partial charge is 0.314 e. The number of carbonyl (C=O) groups excluding carboxylic acids is 1. The highest BCUT2D eigenvalue weighted by molar-refractivity contribution is 5.96. The highest BCUT2D eigenvalue weighted by atomic mass is 16.4. The second kappa shape index (κ2) is 5.78. The molecule has 0 aliphatic carbocycles. The first-order valence-corrected chi connectivity index (χ1v) is 6.49. The predicted molar refractivity (Wildman–Crippen MR) is 77.9 cm³/mol. The number of benzene rings is 1. The van der Waals surface area contributed by atoms with E-state index in [1.165, 1.54) is 6.20 Å². The van der Waals surface area contributed by atoms with Crippen LogP contribution in [0.5, 0.6) is 0 Å². The number of nitrogens with zero attached hydrogens (tertiary/aromatic N) is 2. The molecule has 6 heteroatoms. The Labute approximate surface area is 122 Å². The van der Waals surface area contributed by atoms with Crippen LogP contribution in [0.4, 0.5) is 5.69 Å². The summed E-state index contributed by atoms with van der Waals surface area (Å²) >= 11 is 0.